The number of aromatic nitrogens is 5. The molecule has 0 bridgehead atoms. The van der Waals surface area contributed by atoms with Gasteiger partial charge in [-0.2, -0.15) is 0 Å². The Morgan fingerprint density at radius 3 is 1.48 bits per heavy atom. The largest absolute Gasteiger partial charge is 0.308 e. The van der Waals surface area contributed by atoms with Crippen LogP contribution in [0.4, 0.5) is 0 Å². The number of nitrogens with zero attached hydrogens (tertiary/aromatic N) is 5. The first kappa shape index (κ1) is 35.2. The van der Waals surface area contributed by atoms with Gasteiger partial charge in [-0.3, -0.25) is 0 Å². The molecule has 13 aromatic rings. The molecule has 0 spiro atoms. The highest BCUT2D eigenvalue weighted by molar-refractivity contribution is 6.36. The summed E-state index contributed by atoms with van der Waals surface area (Å²) in [6.07, 6.45) is 8.30. The molecule has 294 valence electrons. The number of hydrogen-bond acceptors (Lipinski definition) is 2. The fourth-order valence-corrected chi connectivity index (χ4v) is 9.85. The lowest BCUT2D eigenvalue weighted by Gasteiger charge is -2.17. The van der Waals surface area contributed by atoms with Crippen LogP contribution in [0.3, 0.4) is 0 Å². The number of imidazole rings is 2. The second-order valence-corrected chi connectivity index (χ2v) is 16.3. The summed E-state index contributed by atoms with van der Waals surface area (Å²) in [4.78, 5) is 9.86. The van der Waals surface area contributed by atoms with Crippen LogP contribution in [0.2, 0.25) is 0 Å². The van der Waals surface area contributed by atoms with E-state index in [-0.39, 0.29) is 0 Å². The van der Waals surface area contributed by atoms with Crippen molar-refractivity contribution in [2.45, 2.75) is 0 Å². The van der Waals surface area contributed by atoms with Gasteiger partial charge < -0.3 is 13.4 Å². The van der Waals surface area contributed by atoms with Crippen molar-refractivity contribution in [2.75, 3.05) is 0 Å². The van der Waals surface area contributed by atoms with Crippen molar-refractivity contribution in [1.82, 2.24) is 23.3 Å². The van der Waals surface area contributed by atoms with Gasteiger partial charge in [0.1, 0.15) is 11.3 Å². The molecule has 0 atom stereocenters. The third-order valence-electron chi connectivity index (χ3n) is 12.7. The van der Waals surface area contributed by atoms with Gasteiger partial charge in [0.05, 0.1) is 22.6 Å². The van der Waals surface area contributed by atoms with Crippen LogP contribution in [0.15, 0.2) is 225 Å². The predicted molar refractivity (Wildman–Crippen MR) is 260 cm³/mol. The molecule has 0 aliphatic rings. The van der Waals surface area contributed by atoms with Gasteiger partial charge in [0, 0.05) is 63.3 Å². The second kappa shape index (κ2) is 14.0. The summed E-state index contributed by atoms with van der Waals surface area (Å²) in [6, 6.07) is 72.3. The fraction of sp³-hybridized carbons (Fsp3) is 0. The minimum absolute atomic E-state index is 0.931. The van der Waals surface area contributed by atoms with Crippen molar-refractivity contribution in [1.29, 1.82) is 0 Å². The van der Waals surface area contributed by atoms with E-state index in [1.807, 2.05) is 48.8 Å². The highest BCUT2D eigenvalue weighted by atomic mass is 15.0. The van der Waals surface area contributed by atoms with Crippen molar-refractivity contribution < 1.29 is 0 Å². The average Bonchev–Trinajstić information content (AvgIpc) is 4.09. The van der Waals surface area contributed by atoms with E-state index in [9.17, 15) is 0 Å². The summed E-state index contributed by atoms with van der Waals surface area (Å²) >= 11 is 0. The Bertz CT molecular complexity index is 3810. The molecule has 0 aliphatic carbocycles. The van der Waals surface area contributed by atoms with Crippen molar-refractivity contribution >= 4 is 54.5 Å². The third-order valence-corrected chi connectivity index (χ3v) is 12.7. The van der Waals surface area contributed by atoms with Crippen LogP contribution in [-0.4, -0.2) is 23.3 Å². The van der Waals surface area contributed by atoms with Crippen molar-refractivity contribution in [2.24, 2.45) is 0 Å². The van der Waals surface area contributed by atoms with Crippen LogP contribution < -0.4 is 0 Å². The summed E-state index contributed by atoms with van der Waals surface area (Å²) in [6.45, 7) is 0. The van der Waals surface area contributed by atoms with Gasteiger partial charge in [0.15, 0.2) is 0 Å². The minimum Gasteiger partial charge on any atom is -0.308 e. The molecule has 0 N–H and O–H groups in total. The van der Waals surface area contributed by atoms with Crippen LogP contribution in [0.1, 0.15) is 0 Å². The highest BCUT2D eigenvalue weighted by Gasteiger charge is 2.27. The molecule has 0 fully saturated rings. The zero-order valence-electron chi connectivity index (χ0n) is 34.1. The van der Waals surface area contributed by atoms with Gasteiger partial charge >= 0.3 is 0 Å². The molecule has 5 heterocycles. The van der Waals surface area contributed by atoms with Crippen molar-refractivity contribution in [3.63, 3.8) is 0 Å². The lowest BCUT2D eigenvalue weighted by Crippen LogP contribution is -1.98. The lowest BCUT2D eigenvalue weighted by molar-refractivity contribution is 1.14. The van der Waals surface area contributed by atoms with Gasteiger partial charge in [0.2, 0.25) is 0 Å². The molecular weight excluding hydrogens is 767 g/mol. The standard InChI is InChI=1S/C58H37N5/c1-3-15-41(16-4-1)54-56-55-46-21-9-7-19-44(46)48(38-25-27-39(28-26-38)50-36-61-33-13-11-23-52(61)59-50)35-49(55)45-20-8-10-22-47(45)58(56)63(57(54)42-17-5-2-6-18-42)43-31-29-40(30-32-43)51-37-62-34-14-12-24-53(62)60-51/h1-37H. The van der Waals surface area contributed by atoms with Gasteiger partial charge in [-0.15, -0.1) is 0 Å². The topological polar surface area (TPSA) is 39.5 Å². The van der Waals surface area contributed by atoms with Gasteiger partial charge in [0.25, 0.3) is 0 Å². The Morgan fingerprint density at radius 2 is 0.857 bits per heavy atom. The molecule has 0 unspecified atom stereocenters. The first-order chi connectivity index (χ1) is 31.2. The molecule has 63 heavy (non-hydrogen) atoms. The minimum atomic E-state index is 0.931. The molecule has 0 saturated carbocycles. The first-order valence-corrected chi connectivity index (χ1v) is 21.4. The van der Waals surface area contributed by atoms with Crippen molar-refractivity contribution in [3.8, 4) is 61.7 Å². The average molecular weight is 804 g/mol. The van der Waals surface area contributed by atoms with Crippen LogP contribution >= 0.6 is 0 Å². The van der Waals surface area contributed by atoms with E-state index >= 15 is 0 Å². The monoisotopic (exact) mass is 803 g/mol. The molecule has 5 nitrogen and oxygen atoms in total. The maximum absolute atomic E-state index is 4.96. The summed E-state index contributed by atoms with van der Waals surface area (Å²) < 4.78 is 6.67. The summed E-state index contributed by atoms with van der Waals surface area (Å²) in [5.74, 6) is 0. The van der Waals surface area contributed by atoms with Crippen LogP contribution in [0, 0.1) is 0 Å². The Labute approximate surface area is 363 Å². The smallest absolute Gasteiger partial charge is 0.137 e. The van der Waals surface area contributed by atoms with E-state index in [1.165, 1.54) is 65.5 Å². The molecule has 0 amide bonds. The zero-order chi connectivity index (χ0) is 41.4. The van der Waals surface area contributed by atoms with E-state index in [0.29, 0.717) is 0 Å². The molecule has 13 rings (SSSR count). The van der Waals surface area contributed by atoms with E-state index in [1.54, 1.807) is 0 Å². The number of benzene rings is 8. The Balaban J connectivity index is 1.12. The van der Waals surface area contributed by atoms with E-state index in [0.717, 1.165) is 50.8 Å². The summed E-state index contributed by atoms with van der Waals surface area (Å²) in [5.41, 5.74) is 15.3. The second-order valence-electron chi connectivity index (χ2n) is 16.3. The number of fused-ring (bicyclic) bond motifs is 10. The highest BCUT2D eigenvalue weighted by Crippen LogP contribution is 2.51. The summed E-state index contributed by atoms with van der Waals surface area (Å²) in [7, 11) is 0. The van der Waals surface area contributed by atoms with Crippen LogP contribution in [-0.2, 0) is 0 Å². The molecule has 5 heteroatoms. The molecule has 0 saturated heterocycles. The third kappa shape index (κ3) is 5.57. The normalized spacial score (nSPS) is 11.8. The quantitative estimate of drug-likeness (QED) is 0.157. The van der Waals surface area contributed by atoms with Gasteiger partial charge in [-0.1, -0.05) is 158 Å². The SMILES string of the molecule is c1ccc(-c2c(-c3ccccc3)n(-c3ccc(-c4cn5ccccc5n4)cc3)c3c4ccccc4c4cc(-c5ccc(-c6cn7ccccc7n6)cc5)c5ccccc5c4c23)cc1. The van der Waals surface area contributed by atoms with E-state index in [2.05, 4.69) is 190 Å². The molecule has 5 aromatic heterocycles. The Kier molecular flexibility index (Phi) is 7.84. The summed E-state index contributed by atoms with van der Waals surface area (Å²) in [5, 5.41) is 8.57. The van der Waals surface area contributed by atoms with E-state index in [4.69, 9.17) is 9.97 Å². The number of hydrogen-bond donors (Lipinski definition) is 0. The fourth-order valence-electron chi connectivity index (χ4n) is 9.85. The maximum Gasteiger partial charge on any atom is 0.137 e. The number of rotatable bonds is 6. The Hall–Kier alpha value is -8.54. The molecule has 8 aromatic carbocycles. The maximum atomic E-state index is 4.96. The zero-order valence-corrected chi connectivity index (χ0v) is 34.1. The molecule has 0 aliphatic heterocycles. The lowest BCUT2D eigenvalue weighted by atomic mass is 9.87. The van der Waals surface area contributed by atoms with Gasteiger partial charge in [-0.05, 0) is 86.3 Å². The predicted octanol–water partition coefficient (Wildman–Crippen LogP) is 14.7. The molecule has 0 radical (unpaired) electrons. The number of pyridine rings is 2. The molecular formula is C58H37N5. The van der Waals surface area contributed by atoms with Crippen LogP contribution in [0.5, 0.6) is 0 Å². The van der Waals surface area contributed by atoms with Crippen LogP contribution in [0.25, 0.3) is 116 Å². The Morgan fingerprint density at radius 1 is 0.349 bits per heavy atom. The van der Waals surface area contributed by atoms with E-state index < -0.39 is 0 Å². The van der Waals surface area contributed by atoms with Gasteiger partial charge in [-0.25, -0.2) is 9.97 Å². The first-order valence-electron chi connectivity index (χ1n) is 21.4. The van der Waals surface area contributed by atoms with Crippen molar-refractivity contribution in [3.05, 3.63) is 225 Å².